The molecule has 1 aliphatic carbocycles. The third-order valence-corrected chi connectivity index (χ3v) is 7.27. The fourth-order valence-corrected chi connectivity index (χ4v) is 5.46. The molecule has 1 amide bonds. The number of hydrazone groups is 1. The Morgan fingerprint density at radius 2 is 1.89 bits per heavy atom. The Morgan fingerprint density at radius 3 is 2.56 bits per heavy atom. The first kappa shape index (κ1) is 19.7. The van der Waals surface area contributed by atoms with Crippen molar-refractivity contribution < 1.29 is 13.2 Å². The van der Waals surface area contributed by atoms with Crippen LogP contribution in [0.25, 0.3) is 0 Å². The molecular weight excluding hydrogens is 382 g/mol. The Kier molecular flexibility index (Phi) is 6.76. The highest BCUT2D eigenvalue weighted by molar-refractivity contribution is 7.89. The number of sulfonamides is 1. The Labute approximate surface area is 164 Å². The van der Waals surface area contributed by atoms with Crippen molar-refractivity contribution in [1.82, 2.24) is 9.73 Å². The highest BCUT2D eigenvalue weighted by Gasteiger charge is 2.33. The van der Waals surface area contributed by atoms with Gasteiger partial charge in [0.15, 0.2) is 0 Å². The molecule has 0 spiro atoms. The maximum absolute atomic E-state index is 13.1. The van der Waals surface area contributed by atoms with Crippen molar-refractivity contribution in [2.45, 2.75) is 43.0 Å². The average Bonchev–Trinajstić information content (AvgIpc) is 3.21. The number of carbonyl (C=O) groups is 1. The van der Waals surface area contributed by atoms with Crippen LogP contribution in [0.2, 0.25) is 0 Å². The number of benzene rings is 1. The Hall–Kier alpha value is -2.03. The normalized spacial score (nSPS) is 16.0. The van der Waals surface area contributed by atoms with Gasteiger partial charge >= 0.3 is 0 Å². The number of hydrogen-bond donors (Lipinski definition) is 1. The number of amides is 1. The molecule has 1 aromatic heterocycles. The number of nitrogens with zero attached hydrogens (tertiary/aromatic N) is 2. The molecule has 8 heteroatoms. The molecule has 0 bridgehead atoms. The first-order valence-corrected chi connectivity index (χ1v) is 11.3. The molecule has 0 aliphatic heterocycles. The van der Waals surface area contributed by atoms with E-state index in [0.29, 0.717) is 0 Å². The van der Waals surface area contributed by atoms with Crippen LogP contribution in [0.15, 0.2) is 57.8 Å². The van der Waals surface area contributed by atoms with Gasteiger partial charge in [-0.2, -0.15) is 9.41 Å². The minimum Gasteiger partial charge on any atom is -0.272 e. The zero-order valence-electron chi connectivity index (χ0n) is 15.0. The van der Waals surface area contributed by atoms with Gasteiger partial charge in [0, 0.05) is 10.9 Å². The average molecular weight is 406 g/mol. The van der Waals surface area contributed by atoms with E-state index >= 15 is 0 Å². The molecule has 3 rings (SSSR count). The molecule has 1 fully saturated rings. The highest BCUT2D eigenvalue weighted by Crippen LogP contribution is 2.27. The van der Waals surface area contributed by atoms with E-state index in [-0.39, 0.29) is 17.5 Å². The van der Waals surface area contributed by atoms with Crippen LogP contribution in [0, 0.1) is 0 Å². The van der Waals surface area contributed by atoms with E-state index in [2.05, 4.69) is 10.5 Å². The predicted octanol–water partition coefficient (Wildman–Crippen LogP) is 3.22. The predicted molar refractivity (Wildman–Crippen MR) is 107 cm³/mol. The second kappa shape index (κ2) is 9.25. The Morgan fingerprint density at radius 1 is 1.15 bits per heavy atom. The van der Waals surface area contributed by atoms with Crippen LogP contribution in [0.3, 0.4) is 0 Å². The molecule has 0 saturated heterocycles. The fourth-order valence-electron chi connectivity index (χ4n) is 3.22. The largest absolute Gasteiger partial charge is 0.272 e. The third kappa shape index (κ3) is 5.24. The lowest BCUT2D eigenvalue weighted by Crippen LogP contribution is -2.46. The van der Waals surface area contributed by atoms with E-state index in [9.17, 15) is 13.2 Å². The van der Waals surface area contributed by atoms with Gasteiger partial charge in [-0.1, -0.05) is 43.5 Å². The molecule has 2 aromatic rings. The van der Waals surface area contributed by atoms with Crippen molar-refractivity contribution in [1.29, 1.82) is 0 Å². The number of rotatable bonds is 7. The second-order valence-electron chi connectivity index (χ2n) is 6.46. The standard InChI is InChI=1S/C19H23N3O3S2/c23-19(21-20-14-17-10-7-13-26-17)15-22(16-8-3-1-4-9-16)27(24,25)18-11-5-2-6-12-18/h2,5-7,10-14,16H,1,3-4,8-9,15H2,(H,21,23)/b20-14+. The summed E-state index contributed by atoms with van der Waals surface area (Å²) in [5.74, 6) is -0.437. The van der Waals surface area contributed by atoms with Gasteiger partial charge in [0.25, 0.3) is 5.91 Å². The first-order chi connectivity index (χ1) is 13.1. The van der Waals surface area contributed by atoms with E-state index in [0.717, 1.165) is 37.0 Å². The van der Waals surface area contributed by atoms with Crippen LogP contribution in [-0.4, -0.2) is 37.4 Å². The van der Waals surface area contributed by atoms with E-state index in [4.69, 9.17) is 0 Å². The van der Waals surface area contributed by atoms with Gasteiger partial charge in [0.05, 0.1) is 17.7 Å². The minimum absolute atomic E-state index is 0.156. The molecule has 144 valence electrons. The second-order valence-corrected chi connectivity index (χ2v) is 9.33. The summed E-state index contributed by atoms with van der Waals surface area (Å²) < 4.78 is 27.6. The van der Waals surface area contributed by atoms with Crippen molar-refractivity contribution in [2.75, 3.05) is 6.54 Å². The lowest BCUT2D eigenvalue weighted by atomic mass is 9.95. The fraction of sp³-hybridized carbons (Fsp3) is 0.368. The smallest absolute Gasteiger partial charge is 0.255 e. The zero-order valence-corrected chi connectivity index (χ0v) is 16.6. The van der Waals surface area contributed by atoms with Gasteiger partial charge in [0.1, 0.15) is 0 Å². The number of nitrogens with one attached hydrogen (secondary N) is 1. The SMILES string of the molecule is O=C(CN(C1CCCCC1)S(=O)(=O)c1ccccc1)N/N=C/c1cccs1. The number of hydrogen-bond acceptors (Lipinski definition) is 5. The van der Waals surface area contributed by atoms with Gasteiger partial charge < -0.3 is 0 Å². The molecule has 1 heterocycles. The van der Waals surface area contributed by atoms with E-state index < -0.39 is 15.9 Å². The molecule has 1 N–H and O–H groups in total. The molecule has 1 saturated carbocycles. The summed E-state index contributed by atoms with van der Waals surface area (Å²) in [5.41, 5.74) is 2.45. The van der Waals surface area contributed by atoms with Crippen LogP contribution in [-0.2, 0) is 14.8 Å². The molecule has 0 radical (unpaired) electrons. The highest BCUT2D eigenvalue weighted by atomic mass is 32.2. The van der Waals surface area contributed by atoms with Crippen LogP contribution < -0.4 is 5.43 Å². The summed E-state index contributed by atoms with van der Waals surface area (Å²) in [6.07, 6.45) is 6.16. The molecular formula is C19H23N3O3S2. The molecule has 1 aromatic carbocycles. The first-order valence-electron chi connectivity index (χ1n) is 8.99. The minimum atomic E-state index is -3.74. The van der Waals surface area contributed by atoms with Crippen LogP contribution >= 0.6 is 11.3 Å². The number of thiophene rings is 1. The van der Waals surface area contributed by atoms with Crippen LogP contribution in [0.1, 0.15) is 37.0 Å². The quantitative estimate of drug-likeness (QED) is 0.567. The van der Waals surface area contributed by atoms with Crippen LogP contribution in [0.5, 0.6) is 0 Å². The third-order valence-electron chi connectivity index (χ3n) is 4.56. The van der Waals surface area contributed by atoms with Gasteiger partial charge in [-0.05, 0) is 36.4 Å². The lowest BCUT2D eigenvalue weighted by Gasteiger charge is -2.32. The van der Waals surface area contributed by atoms with Crippen molar-refractivity contribution in [3.63, 3.8) is 0 Å². The monoisotopic (exact) mass is 405 g/mol. The van der Waals surface area contributed by atoms with Gasteiger partial charge in [0.2, 0.25) is 10.0 Å². The Bertz CT molecular complexity index is 859. The van der Waals surface area contributed by atoms with Crippen LogP contribution in [0.4, 0.5) is 0 Å². The lowest BCUT2D eigenvalue weighted by molar-refractivity contribution is -0.121. The molecule has 1 aliphatic rings. The van der Waals surface area contributed by atoms with Crippen molar-refractivity contribution in [2.24, 2.45) is 5.10 Å². The van der Waals surface area contributed by atoms with E-state index in [1.165, 1.54) is 15.6 Å². The van der Waals surface area contributed by atoms with E-state index in [1.807, 2.05) is 17.5 Å². The summed E-state index contributed by atoms with van der Waals surface area (Å²) in [7, 11) is -3.74. The summed E-state index contributed by atoms with van der Waals surface area (Å²) >= 11 is 1.51. The summed E-state index contributed by atoms with van der Waals surface area (Å²) in [6.45, 7) is -0.232. The molecule has 6 nitrogen and oxygen atoms in total. The Balaban J connectivity index is 1.74. The van der Waals surface area contributed by atoms with Crippen molar-refractivity contribution in [3.8, 4) is 0 Å². The van der Waals surface area contributed by atoms with E-state index in [1.54, 1.807) is 36.5 Å². The summed E-state index contributed by atoms with van der Waals surface area (Å²) in [6, 6.07) is 11.9. The summed E-state index contributed by atoms with van der Waals surface area (Å²) in [5, 5.41) is 5.85. The van der Waals surface area contributed by atoms with Crippen molar-refractivity contribution in [3.05, 3.63) is 52.7 Å². The van der Waals surface area contributed by atoms with Gasteiger partial charge in [-0.15, -0.1) is 11.3 Å². The maximum atomic E-state index is 13.1. The molecule has 0 atom stereocenters. The van der Waals surface area contributed by atoms with Gasteiger partial charge in [-0.3, -0.25) is 4.79 Å². The maximum Gasteiger partial charge on any atom is 0.255 e. The number of carbonyl (C=O) groups excluding carboxylic acids is 1. The molecule has 27 heavy (non-hydrogen) atoms. The zero-order chi connectivity index (χ0) is 19.1. The summed E-state index contributed by atoms with van der Waals surface area (Å²) in [4.78, 5) is 13.5. The molecule has 0 unspecified atom stereocenters. The van der Waals surface area contributed by atoms with Crippen molar-refractivity contribution >= 4 is 33.5 Å². The topological polar surface area (TPSA) is 78.8 Å². The van der Waals surface area contributed by atoms with Gasteiger partial charge in [-0.25, -0.2) is 13.8 Å².